The SMILES string of the molecule is CCCN[C@@H]1CNC[C@H]1O. The van der Waals surface area contributed by atoms with E-state index in [4.69, 9.17) is 0 Å². The number of nitrogens with one attached hydrogen (secondary N) is 2. The van der Waals surface area contributed by atoms with Crippen molar-refractivity contribution in [3.63, 3.8) is 0 Å². The predicted molar refractivity (Wildman–Crippen MR) is 41.0 cm³/mol. The fourth-order valence-corrected chi connectivity index (χ4v) is 1.20. The van der Waals surface area contributed by atoms with Gasteiger partial charge < -0.3 is 15.7 Å². The Morgan fingerprint density at radius 3 is 2.90 bits per heavy atom. The molecule has 0 bridgehead atoms. The van der Waals surface area contributed by atoms with Crippen molar-refractivity contribution in [2.24, 2.45) is 0 Å². The summed E-state index contributed by atoms with van der Waals surface area (Å²) < 4.78 is 0. The minimum atomic E-state index is -0.188. The van der Waals surface area contributed by atoms with Crippen molar-refractivity contribution in [1.29, 1.82) is 0 Å². The molecule has 10 heavy (non-hydrogen) atoms. The van der Waals surface area contributed by atoms with Crippen LogP contribution in [0.2, 0.25) is 0 Å². The van der Waals surface area contributed by atoms with Crippen LogP contribution in [0.3, 0.4) is 0 Å². The lowest BCUT2D eigenvalue weighted by molar-refractivity contribution is 0.163. The Morgan fingerprint density at radius 2 is 2.40 bits per heavy atom. The van der Waals surface area contributed by atoms with Crippen molar-refractivity contribution >= 4 is 0 Å². The predicted octanol–water partition coefficient (Wildman–Crippen LogP) is -0.681. The van der Waals surface area contributed by atoms with Crippen LogP contribution in [0.25, 0.3) is 0 Å². The van der Waals surface area contributed by atoms with E-state index in [0.29, 0.717) is 0 Å². The molecule has 0 unspecified atom stereocenters. The summed E-state index contributed by atoms with van der Waals surface area (Å²) in [5.41, 5.74) is 0. The average molecular weight is 144 g/mol. The van der Waals surface area contributed by atoms with E-state index in [0.717, 1.165) is 26.1 Å². The number of aliphatic hydroxyl groups excluding tert-OH is 1. The Bertz CT molecular complexity index is 97.6. The third kappa shape index (κ3) is 1.94. The van der Waals surface area contributed by atoms with Crippen LogP contribution < -0.4 is 10.6 Å². The zero-order valence-corrected chi connectivity index (χ0v) is 6.43. The minimum absolute atomic E-state index is 0.188. The molecular weight excluding hydrogens is 128 g/mol. The Balaban J connectivity index is 2.14. The molecular formula is C7H16N2O. The molecule has 2 atom stereocenters. The van der Waals surface area contributed by atoms with Gasteiger partial charge in [0, 0.05) is 19.1 Å². The van der Waals surface area contributed by atoms with Crippen molar-refractivity contribution in [3.8, 4) is 0 Å². The molecule has 3 N–H and O–H groups in total. The topological polar surface area (TPSA) is 44.3 Å². The van der Waals surface area contributed by atoms with E-state index in [1.54, 1.807) is 0 Å². The summed E-state index contributed by atoms with van der Waals surface area (Å²) in [6, 6.07) is 0.278. The number of aliphatic hydroxyl groups is 1. The van der Waals surface area contributed by atoms with Crippen molar-refractivity contribution in [2.75, 3.05) is 19.6 Å². The third-order valence-corrected chi connectivity index (χ3v) is 1.84. The molecule has 0 aliphatic carbocycles. The summed E-state index contributed by atoms with van der Waals surface area (Å²) in [7, 11) is 0. The van der Waals surface area contributed by atoms with Gasteiger partial charge in [0.2, 0.25) is 0 Å². The quantitative estimate of drug-likeness (QED) is 0.491. The molecule has 60 valence electrons. The van der Waals surface area contributed by atoms with Gasteiger partial charge in [-0.25, -0.2) is 0 Å². The zero-order chi connectivity index (χ0) is 7.40. The van der Waals surface area contributed by atoms with Crippen LogP contribution in [0.5, 0.6) is 0 Å². The number of hydrogen-bond acceptors (Lipinski definition) is 3. The highest BCUT2D eigenvalue weighted by Crippen LogP contribution is 1.98. The molecule has 1 rings (SSSR count). The van der Waals surface area contributed by atoms with Gasteiger partial charge >= 0.3 is 0 Å². The summed E-state index contributed by atoms with van der Waals surface area (Å²) in [6.45, 7) is 4.77. The van der Waals surface area contributed by atoms with Crippen molar-refractivity contribution in [3.05, 3.63) is 0 Å². The summed E-state index contributed by atoms with van der Waals surface area (Å²) >= 11 is 0. The first-order chi connectivity index (χ1) is 4.84. The van der Waals surface area contributed by atoms with Gasteiger partial charge in [0.25, 0.3) is 0 Å². The van der Waals surface area contributed by atoms with Crippen LogP contribution in [0, 0.1) is 0 Å². The van der Waals surface area contributed by atoms with Crippen LogP contribution >= 0.6 is 0 Å². The highest BCUT2D eigenvalue weighted by molar-refractivity contribution is 4.85. The van der Waals surface area contributed by atoms with E-state index in [9.17, 15) is 5.11 Å². The zero-order valence-electron chi connectivity index (χ0n) is 6.43. The minimum Gasteiger partial charge on any atom is -0.390 e. The summed E-state index contributed by atoms with van der Waals surface area (Å²) in [5, 5.41) is 15.7. The number of hydrogen-bond donors (Lipinski definition) is 3. The lowest BCUT2D eigenvalue weighted by atomic mass is 10.2. The Hall–Kier alpha value is -0.120. The van der Waals surface area contributed by atoms with Crippen molar-refractivity contribution in [1.82, 2.24) is 10.6 Å². The van der Waals surface area contributed by atoms with E-state index in [1.807, 2.05) is 0 Å². The van der Waals surface area contributed by atoms with E-state index in [-0.39, 0.29) is 12.1 Å². The second-order valence-electron chi connectivity index (χ2n) is 2.79. The molecule has 0 spiro atoms. The van der Waals surface area contributed by atoms with E-state index in [1.165, 1.54) is 0 Å². The first-order valence-corrected chi connectivity index (χ1v) is 3.96. The first kappa shape index (κ1) is 7.98. The van der Waals surface area contributed by atoms with Gasteiger partial charge in [0.15, 0.2) is 0 Å². The molecule has 1 aliphatic heterocycles. The van der Waals surface area contributed by atoms with Gasteiger partial charge in [-0.3, -0.25) is 0 Å². The van der Waals surface area contributed by atoms with Gasteiger partial charge in [-0.05, 0) is 13.0 Å². The molecule has 0 saturated carbocycles. The van der Waals surface area contributed by atoms with Gasteiger partial charge in [-0.15, -0.1) is 0 Å². The van der Waals surface area contributed by atoms with Gasteiger partial charge in [0.1, 0.15) is 0 Å². The molecule has 0 radical (unpaired) electrons. The van der Waals surface area contributed by atoms with Gasteiger partial charge in [-0.2, -0.15) is 0 Å². The molecule has 0 amide bonds. The second kappa shape index (κ2) is 3.91. The standard InChI is InChI=1S/C7H16N2O/c1-2-3-9-6-4-8-5-7(6)10/h6-10H,2-5H2,1H3/t6-,7-/m1/s1. The van der Waals surface area contributed by atoms with Crippen molar-refractivity contribution < 1.29 is 5.11 Å². The normalized spacial score (nSPS) is 33.0. The maximum atomic E-state index is 9.29. The molecule has 1 fully saturated rings. The van der Waals surface area contributed by atoms with Crippen LogP contribution in [-0.2, 0) is 0 Å². The molecule has 0 aromatic heterocycles. The fourth-order valence-electron chi connectivity index (χ4n) is 1.20. The molecule has 1 aliphatic rings. The Morgan fingerprint density at radius 1 is 1.60 bits per heavy atom. The Labute approximate surface area is 61.8 Å². The van der Waals surface area contributed by atoms with E-state index >= 15 is 0 Å². The largest absolute Gasteiger partial charge is 0.390 e. The number of rotatable bonds is 3. The fraction of sp³-hybridized carbons (Fsp3) is 1.00. The van der Waals surface area contributed by atoms with Crippen LogP contribution in [0.1, 0.15) is 13.3 Å². The highest BCUT2D eigenvalue weighted by Gasteiger charge is 2.23. The summed E-state index contributed by atoms with van der Waals surface area (Å²) in [6.07, 6.45) is 0.940. The van der Waals surface area contributed by atoms with E-state index in [2.05, 4.69) is 17.6 Å². The van der Waals surface area contributed by atoms with Gasteiger partial charge in [-0.1, -0.05) is 6.92 Å². The molecule has 1 heterocycles. The van der Waals surface area contributed by atoms with E-state index < -0.39 is 0 Å². The second-order valence-corrected chi connectivity index (χ2v) is 2.79. The lowest BCUT2D eigenvalue weighted by Gasteiger charge is -2.13. The average Bonchev–Trinajstić information content (AvgIpc) is 2.31. The molecule has 0 aromatic rings. The Kier molecular flexibility index (Phi) is 3.12. The van der Waals surface area contributed by atoms with Gasteiger partial charge in [0.05, 0.1) is 6.10 Å². The third-order valence-electron chi connectivity index (χ3n) is 1.84. The molecule has 0 aromatic carbocycles. The number of β-amino-alcohol motifs (C(OH)–C–C–N with tert-alkyl or cyclic N) is 1. The van der Waals surface area contributed by atoms with Crippen LogP contribution in [0.4, 0.5) is 0 Å². The monoisotopic (exact) mass is 144 g/mol. The smallest absolute Gasteiger partial charge is 0.0829 e. The summed E-state index contributed by atoms with van der Waals surface area (Å²) in [5.74, 6) is 0. The highest BCUT2D eigenvalue weighted by atomic mass is 16.3. The maximum absolute atomic E-state index is 9.29. The molecule has 3 heteroatoms. The molecule has 1 saturated heterocycles. The lowest BCUT2D eigenvalue weighted by Crippen LogP contribution is -2.39. The molecule has 3 nitrogen and oxygen atoms in total. The van der Waals surface area contributed by atoms with Crippen LogP contribution in [-0.4, -0.2) is 36.9 Å². The van der Waals surface area contributed by atoms with Crippen LogP contribution in [0.15, 0.2) is 0 Å². The summed E-state index contributed by atoms with van der Waals surface area (Å²) in [4.78, 5) is 0. The maximum Gasteiger partial charge on any atom is 0.0829 e. The first-order valence-electron chi connectivity index (χ1n) is 3.96. The van der Waals surface area contributed by atoms with Crippen molar-refractivity contribution in [2.45, 2.75) is 25.5 Å².